The average Bonchev–Trinajstić information content (AvgIpc) is 2.78. The SMILES string of the molecule is C=C(C)CCC(=O)N[C@H]1Cc2cccc(C(=O)OCOC(=O)N3CCCCC3)c2CB1O. The van der Waals surface area contributed by atoms with Crippen LogP contribution in [0.5, 0.6) is 0 Å². The number of carbonyl (C=O) groups excluding carboxylic acids is 3. The van der Waals surface area contributed by atoms with E-state index in [0.717, 1.165) is 30.4 Å². The molecule has 3 rings (SSSR count). The number of nitrogens with one attached hydrogen (secondary N) is 1. The Labute approximate surface area is 189 Å². The van der Waals surface area contributed by atoms with E-state index in [1.165, 1.54) is 0 Å². The molecule has 1 atom stereocenters. The van der Waals surface area contributed by atoms with Crippen molar-refractivity contribution in [2.24, 2.45) is 0 Å². The number of piperidine rings is 1. The zero-order valence-corrected chi connectivity index (χ0v) is 18.6. The lowest BCUT2D eigenvalue weighted by atomic mass is 9.50. The van der Waals surface area contributed by atoms with Crippen LogP contribution in [0.15, 0.2) is 30.4 Å². The first-order chi connectivity index (χ1) is 15.3. The highest BCUT2D eigenvalue weighted by Crippen LogP contribution is 2.25. The highest BCUT2D eigenvalue weighted by Gasteiger charge is 2.34. The Morgan fingerprint density at radius 2 is 1.94 bits per heavy atom. The molecule has 2 amide bonds. The minimum absolute atomic E-state index is 0.133. The van der Waals surface area contributed by atoms with E-state index in [-0.39, 0.29) is 12.2 Å². The molecule has 0 bridgehead atoms. The van der Waals surface area contributed by atoms with Gasteiger partial charge in [-0.1, -0.05) is 17.7 Å². The number of fused-ring (bicyclic) bond motifs is 1. The summed E-state index contributed by atoms with van der Waals surface area (Å²) in [7, 11) is 0. The number of ether oxygens (including phenoxy) is 2. The van der Waals surface area contributed by atoms with Gasteiger partial charge >= 0.3 is 19.0 Å². The van der Waals surface area contributed by atoms with Crippen LogP contribution < -0.4 is 5.32 Å². The summed E-state index contributed by atoms with van der Waals surface area (Å²) < 4.78 is 10.2. The Bertz CT molecular complexity index is 868. The quantitative estimate of drug-likeness (QED) is 0.291. The van der Waals surface area contributed by atoms with E-state index >= 15 is 0 Å². The van der Waals surface area contributed by atoms with Gasteiger partial charge in [0.15, 0.2) is 0 Å². The van der Waals surface area contributed by atoms with Gasteiger partial charge in [-0.05, 0) is 62.5 Å². The predicted molar refractivity (Wildman–Crippen MR) is 120 cm³/mol. The number of amides is 2. The van der Waals surface area contributed by atoms with E-state index in [1.54, 1.807) is 17.0 Å². The van der Waals surface area contributed by atoms with Crippen molar-refractivity contribution in [3.8, 4) is 0 Å². The molecule has 0 saturated carbocycles. The number of allylic oxidation sites excluding steroid dienone is 1. The smallest absolute Gasteiger partial charge is 0.412 e. The topological polar surface area (TPSA) is 105 Å². The van der Waals surface area contributed by atoms with E-state index in [2.05, 4.69) is 11.9 Å². The van der Waals surface area contributed by atoms with Gasteiger partial charge in [-0.3, -0.25) is 4.79 Å². The summed E-state index contributed by atoms with van der Waals surface area (Å²) >= 11 is 0. The Hall–Kier alpha value is -2.81. The number of likely N-dealkylation sites (tertiary alicyclic amines) is 1. The van der Waals surface area contributed by atoms with Crippen LogP contribution in [0.2, 0.25) is 0 Å². The molecule has 0 aliphatic carbocycles. The van der Waals surface area contributed by atoms with Crippen molar-refractivity contribution in [2.45, 2.75) is 57.7 Å². The molecular weight excluding hydrogens is 411 g/mol. The number of esters is 1. The summed E-state index contributed by atoms with van der Waals surface area (Å²) in [6.07, 6.45) is 4.08. The van der Waals surface area contributed by atoms with Crippen molar-refractivity contribution in [1.82, 2.24) is 10.2 Å². The summed E-state index contributed by atoms with van der Waals surface area (Å²) in [5, 5.41) is 13.5. The van der Waals surface area contributed by atoms with Gasteiger partial charge in [-0.15, -0.1) is 6.58 Å². The van der Waals surface area contributed by atoms with Gasteiger partial charge in [-0.2, -0.15) is 0 Å². The van der Waals surface area contributed by atoms with E-state index in [1.807, 2.05) is 13.0 Å². The number of hydrogen-bond acceptors (Lipinski definition) is 6. The summed E-state index contributed by atoms with van der Waals surface area (Å²) in [5.74, 6) is -1.16. The molecule has 8 nitrogen and oxygen atoms in total. The number of nitrogens with zero attached hydrogens (tertiary/aromatic N) is 1. The van der Waals surface area contributed by atoms with Crippen molar-refractivity contribution in [1.29, 1.82) is 0 Å². The van der Waals surface area contributed by atoms with Crippen molar-refractivity contribution in [2.75, 3.05) is 19.9 Å². The maximum Gasteiger partial charge on any atom is 0.412 e. The summed E-state index contributed by atoms with van der Waals surface area (Å²) in [6, 6.07) is 5.25. The first kappa shape index (κ1) is 23.8. The molecule has 1 fully saturated rings. The lowest BCUT2D eigenvalue weighted by Crippen LogP contribution is -2.51. The van der Waals surface area contributed by atoms with Gasteiger partial charge in [0.25, 0.3) is 0 Å². The minimum Gasteiger partial charge on any atom is -0.448 e. The van der Waals surface area contributed by atoms with Crippen molar-refractivity contribution < 1.29 is 28.9 Å². The molecule has 2 N–H and O–H groups in total. The van der Waals surface area contributed by atoms with Crippen LogP contribution in [-0.2, 0) is 27.0 Å². The monoisotopic (exact) mass is 442 g/mol. The van der Waals surface area contributed by atoms with Crippen LogP contribution in [0, 0.1) is 0 Å². The second kappa shape index (κ2) is 11.2. The second-order valence-electron chi connectivity index (χ2n) is 8.56. The first-order valence-corrected chi connectivity index (χ1v) is 11.2. The van der Waals surface area contributed by atoms with Gasteiger partial charge in [0, 0.05) is 25.5 Å². The summed E-state index contributed by atoms with van der Waals surface area (Å²) in [4.78, 5) is 38.4. The molecule has 1 saturated heterocycles. The molecule has 172 valence electrons. The molecule has 0 unspecified atom stereocenters. The van der Waals surface area contributed by atoms with Crippen LogP contribution in [0.3, 0.4) is 0 Å². The molecule has 0 spiro atoms. The van der Waals surface area contributed by atoms with Crippen LogP contribution in [0.25, 0.3) is 0 Å². The van der Waals surface area contributed by atoms with Crippen LogP contribution in [0.1, 0.15) is 60.5 Å². The molecule has 2 aliphatic rings. The molecule has 32 heavy (non-hydrogen) atoms. The lowest BCUT2D eigenvalue weighted by molar-refractivity contribution is -0.121. The highest BCUT2D eigenvalue weighted by molar-refractivity contribution is 6.52. The normalized spacial score (nSPS) is 17.9. The molecule has 1 aromatic rings. The molecule has 1 aromatic carbocycles. The summed E-state index contributed by atoms with van der Waals surface area (Å²) in [5.41, 5.74) is 2.84. The fraction of sp³-hybridized carbons (Fsp3) is 0.522. The average molecular weight is 442 g/mol. The van der Waals surface area contributed by atoms with Crippen molar-refractivity contribution in [3.63, 3.8) is 0 Å². The lowest BCUT2D eigenvalue weighted by Gasteiger charge is -2.29. The van der Waals surface area contributed by atoms with Gasteiger partial charge < -0.3 is 24.7 Å². The van der Waals surface area contributed by atoms with Crippen molar-refractivity contribution >= 4 is 24.9 Å². The van der Waals surface area contributed by atoms with Crippen LogP contribution in [-0.4, -0.2) is 60.6 Å². The van der Waals surface area contributed by atoms with E-state index in [0.29, 0.717) is 43.5 Å². The van der Waals surface area contributed by atoms with Crippen molar-refractivity contribution in [3.05, 3.63) is 47.0 Å². The fourth-order valence-corrected chi connectivity index (χ4v) is 4.11. The Balaban J connectivity index is 1.56. The van der Waals surface area contributed by atoms with Gasteiger partial charge in [0.2, 0.25) is 12.7 Å². The molecule has 0 radical (unpaired) electrons. The van der Waals surface area contributed by atoms with Crippen LogP contribution >= 0.6 is 0 Å². The second-order valence-corrected chi connectivity index (χ2v) is 8.56. The Kier molecular flexibility index (Phi) is 8.33. The van der Waals surface area contributed by atoms with Gasteiger partial charge in [-0.25, -0.2) is 9.59 Å². The third kappa shape index (κ3) is 6.35. The van der Waals surface area contributed by atoms with Gasteiger partial charge in [0.05, 0.1) is 5.56 Å². The maximum atomic E-state index is 12.6. The Morgan fingerprint density at radius 3 is 2.66 bits per heavy atom. The van der Waals surface area contributed by atoms with Gasteiger partial charge in [0.1, 0.15) is 0 Å². The number of carbonyl (C=O) groups is 3. The largest absolute Gasteiger partial charge is 0.448 e. The molecule has 0 aromatic heterocycles. The standard InChI is InChI=1S/C23H31BN2O6/c1-16(2)9-10-21(27)25-20-13-17-7-6-8-18(19(17)14-24(20)30)22(28)31-15-32-23(29)26-11-4-3-5-12-26/h6-8,20,30H,1,3-5,9-15H2,2H3,(H,25,27)/t20-/m0/s1. The molecular formula is C23H31BN2O6. The minimum atomic E-state index is -0.817. The molecule has 9 heteroatoms. The summed E-state index contributed by atoms with van der Waals surface area (Å²) in [6.45, 7) is 5.70. The number of rotatable bonds is 7. The Morgan fingerprint density at radius 1 is 1.19 bits per heavy atom. The zero-order valence-electron chi connectivity index (χ0n) is 18.6. The number of benzene rings is 1. The fourth-order valence-electron chi connectivity index (χ4n) is 4.11. The molecule has 2 aliphatic heterocycles. The van der Waals surface area contributed by atoms with Crippen LogP contribution in [0.4, 0.5) is 4.79 Å². The van der Waals surface area contributed by atoms with E-state index in [9.17, 15) is 19.4 Å². The first-order valence-electron chi connectivity index (χ1n) is 11.2. The highest BCUT2D eigenvalue weighted by atomic mass is 16.7. The zero-order chi connectivity index (χ0) is 23.1. The maximum absolute atomic E-state index is 12.6. The van der Waals surface area contributed by atoms with E-state index in [4.69, 9.17) is 9.47 Å². The number of hydrogen-bond donors (Lipinski definition) is 2. The predicted octanol–water partition coefficient (Wildman–Crippen LogP) is 2.43. The third-order valence-electron chi connectivity index (χ3n) is 5.92. The molecule has 2 heterocycles. The van der Waals surface area contributed by atoms with E-state index < -0.39 is 31.7 Å². The third-order valence-corrected chi connectivity index (χ3v) is 5.92.